The molecule has 1 heterocycles. The molecule has 154 valence electrons. The van der Waals surface area contributed by atoms with E-state index in [9.17, 15) is 21.6 Å². The van der Waals surface area contributed by atoms with Gasteiger partial charge in [0.1, 0.15) is 17.6 Å². The van der Waals surface area contributed by atoms with Crippen molar-refractivity contribution in [1.82, 2.24) is 14.3 Å². The summed E-state index contributed by atoms with van der Waals surface area (Å²) < 4.78 is 75.0. The Balaban J connectivity index is 2.08. The van der Waals surface area contributed by atoms with Gasteiger partial charge in [0.25, 0.3) is 0 Å². The lowest BCUT2D eigenvalue weighted by atomic mass is 10.1. The smallest absolute Gasteiger partial charge is 0.417 e. The number of hydrogen-bond acceptors (Lipinski definition) is 4. The molecular formula is C19H18F3N3O3S. The highest BCUT2D eigenvalue weighted by Gasteiger charge is 2.38. The lowest BCUT2D eigenvalue weighted by Gasteiger charge is -2.21. The summed E-state index contributed by atoms with van der Waals surface area (Å²) in [4.78, 5) is 3.32. The van der Waals surface area contributed by atoms with Crippen LogP contribution in [-0.4, -0.2) is 25.1 Å². The average molecular weight is 425 g/mol. The summed E-state index contributed by atoms with van der Waals surface area (Å²) in [5.41, 5.74) is -0.742. The summed E-state index contributed by atoms with van der Waals surface area (Å²) in [6, 6.07) is 9.53. The van der Waals surface area contributed by atoms with E-state index in [1.165, 1.54) is 19.4 Å². The maximum Gasteiger partial charge on any atom is 0.417 e. The summed E-state index contributed by atoms with van der Waals surface area (Å²) in [7, 11) is -1.38. The standard InChI is InChI=1S/C19H18F3N3O3S/c1-25-12-11-23-18(25)17(13-7-9-14(28-2)10-8-13)24-29(26,27)16-6-4-3-5-15(16)19(20,21)22/h3-12,17,24H,1-2H3. The first-order valence-electron chi connectivity index (χ1n) is 8.43. The molecule has 1 N–H and O–H groups in total. The molecule has 1 aromatic heterocycles. The predicted octanol–water partition coefficient (Wildman–Crippen LogP) is 3.52. The van der Waals surface area contributed by atoms with Gasteiger partial charge in [-0.1, -0.05) is 24.3 Å². The van der Waals surface area contributed by atoms with Crippen LogP contribution < -0.4 is 9.46 Å². The maximum atomic E-state index is 13.3. The third kappa shape index (κ3) is 4.43. The van der Waals surface area contributed by atoms with Crippen molar-refractivity contribution in [3.05, 3.63) is 77.9 Å². The molecule has 0 spiro atoms. The average Bonchev–Trinajstić information content (AvgIpc) is 3.11. The summed E-state index contributed by atoms with van der Waals surface area (Å²) in [5.74, 6) is 0.876. The van der Waals surface area contributed by atoms with E-state index in [2.05, 4.69) is 9.71 Å². The van der Waals surface area contributed by atoms with Crippen molar-refractivity contribution in [3.8, 4) is 5.75 Å². The zero-order valence-electron chi connectivity index (χ0n) is 15.5. The van der Waals surface area contributed by atoms with Gasteiger partial charge >= 0.3 is 6.18 Å². The van der Waals surface area contributed by atoms with E-state index >= 15 is 0 Å². The number of ether oxygens (including phenoxy) is 1. The Morgan fingerprint density at radius 1 is 1.10 bits per heavy atom. The van der Waals surface area contributed by atoms with Crippen molar-refractivity contribution >= 4 is 10.0 Å². The molecular weight excluding hydrogens is 407 g/mol. The Morgan fingerprint density at radius 2 is 1.76 bits per heavy atom. The molecule has 1 atom stereocenters. The highest BCUT2D eigenvalue weighted by molar-refractivity contribution is 7.89. The molecule has 6 nitrogen and oxygen atoms in total. The van der Waals surface area contributed by atoms with E-state index in [1.807, 2.05) is 0 Å². The first-order valence-corrected chi connectivity index (χ1v) is 9.91. The normalized spacial score (nSPS) is 13.3. The van der Waals surface area contributed by atoms with E-state index in [1.54, 1.807) is 42.1 Å². The van der Waals surface area contributed by atoms with Crippen LogP contribution in [0.15, 0.2) is 65.8 Å². The van der Waals surface area contributed by atoms with Crippen LogP contribution in [0.2, 0.25) is 0 Å². The molecule has 0 aliphatic heterocycles. The van der Waals surface area contributed by atoms with E-state index in [0.29, 0.717) is 17.1 Å². The predicted molar refractivity (Wildman–Crippen MR) is 99.8 cm³/mol. The Bertz CT molecular complexity index is 1090. The van der Waals surface area contributed by atoms with Crippen LogP contribution in [0.25, 0.3) is 0 Å². The molecule has 0 amide bonds. The number of nitrogens with zero attached hydrogens (tertiary/aromatic N) is 2. The number of aromatic nitrogens is 2. The van der Waals surface area contributed by atoms with Crippen molar-refractivity contribution in [1.29, 1.82) is 0 Å². The Morgan fingerprint density at radius 3 is 2.31 bits per heavy atom. The molecule has 0 saturated heterocycles. The van der Waals surface area contributed by atoms with E-state index < -0.39 is 32.7 Å². The number of aryl methyl sites for hydroxylation is 1. The second-order valence-corrected chi connectivity index (χ2v) is 7.90. The molecule has 10 heteroatoms. The lowest BCUT2D eigenvalue weighted by Crippen LogP contribution is -2.32. The van der Waals surface area contributed by atoms with Gasteiger partial charge in [0, 0.05) is 19.4 Å². The van der Waals surface area contributed by atoms with Gasteiger partial charge in [0.2, 0.25) is 10.0 Å². The van der Waals surface area contributed by atoms with Gasteiger partial charge in [-0.2, -0.15) is 17.9 Å². The number of methoxy groups -OCH3 is 1. The second kappa shape index (κ2) is 7.88. The molecule has 0 bridgehead atoms. The van der Waals surface area contributed by atoms with Gasteiger partial charge < -0.3 is 9.30 Å². The van der Waals surface area contributed by atoms with Crippen LogP contribution in [0.5, 0.6) is 5.75 Å². The van der Waals surface area contributed by atoms with Crippen molar-refractivity contribution < 1.29 is 26.3 Å². The molecule has 0 aliphatic carbocycles. The fourth-order valence-electron chi connectivity index (χ4n) is 2.88. The van der Waals surface area contributed by atoms with Crippen molar-refractivity contribution in [2.45, 2.75) is 17.1 Å². The minimum Gasteiger partial charge on any atom is -0.497 e. The number of rotatable bonds is 6. The molecule has 0 aliphatic rings. The molecule has 29 heavy (non-hydrogen) atoms. The Kier molecular flexibility index (Phi) is 5.67. The number of alkyl halides is 3. The largest absolute Gasteiger partial charge is 0.497 e. The van der Waals surface area contributed by atoms with Crippen LogP contribution in [0.4, 0.5) is 13.2 Å². The van der Waals surface area contributed by atoms with Gasteiger partial charge in [-0.15, -0.1) is 0 Å². The molecule has 0 fully saturated rings. The van der Waals surface area contributed by atoms with E-state index in [-0.39, 0.29) is 0 Å². The molecule has 0 radical (unpaired) electrons. The monoisotopic (exact) mass is 425 g/mol. The highest BCUT2D eigenvalue weighted by Crippen LogP contribution is 2.35. The Hall–Kier alpha value is -2.85. The fourth-order valence-corrected chi connectivity index (χ4v) is 4.29. The molecule has 3 rings (SSSR count). The van der Waals surface area contributed by atoms with Crippen molar-refractivity contribution in [2.75, 3.05) is 7.11 Å². The second-order valence-electron chi connectivity index (χ2n) is 6.22. The molecule has 2 aromatic carbocycles. The first kappa shape index (κ1) is 20.9. The molecule has 0 saturated carbocycles. The molecule has 3 aromatic rings. The zero-order valence-corrected chi connectivity index (χ0v) is 16.3. The number of imidazole rings is 1. The number of hydrogen-bond donors (Lipinski definition) is 1. The third-order valence-electron chi connectivity index (χ3n) is 4.32. The highest BCUT2D eigenvalue weighted by atomic mass is 32.2. The van der Waals surface area contributed by atoms with Gasteiger partial charge in [-0.05, 0) is 29.8 Å². The quantitative estimate of drug-likeness (QED) is 0.656. The summed E-state index contributed by atoms with van der Waals surface area (Å²) in [6.07, 6.45) is -1.72. The van der Waals surface area contributed by atoms with Crippen LogP contribution in [0.3, 0.4) is 0 Å². The summed E-state index contributed by atoms with van der Waals surface area (Å²) in [6.45, 7) is 0. The van der Waals surface area contributed by atoms with E-state index in [0.717, 1.165) is 18.2 Å². The van der Waals surface area contributed by atoms with E-state index in [4.69, 9.17) is 4.74 Å². The first-order chi connectivity index (χ1) is 13.6. The lowest BCUT2D eigenvalue weighted by molar-refractivity contribution is -0.139. The third-order valence-corrected chi connectivity index (χ3v) is 5.80. The summed E-state index contributed by atoms with van der Waals surface area (Å²) in [5, 5.41) is 0. The number of halogens is 3. The SMILES string of the molecule is COc1ccc(C(NS(=O)(=O)c2ccccc2C(F)(F)F)c2nccn2C)cc1. The van der Waals surface area contributed by atoms with Crippen LogP contribution in [0.1, 0.15) is 23.0 Å². The van der Waals surface area contributed by atoms with Crippen molar-refractivity contribution in [3.63, 3.8) is 0 Å². The van der Waals surface area contributed by atoms with Crippen LogP contribution in [-0.2, 0) is 23.2 Å². The fraction of sp³-hybridized carbons (Fsp3) is 0.211. The minimum absolute atomic E-state index is 0.322. The zero-order chi connectivity index (χ0) is 21.2. The van der Waals surface area contributed by atoms with Crippen molar-refractivity contribution in [2.24, 2.45) is 7.05 Å². The summed E-state index contributed by atoms with van der Waals surface area (Å²) >= 11 is 0. The number of nitrogens with one attached hydrogen (secondary N) is 1. The Labute approximate surface area is 166 Å². The maximum absolute atomic E-state index is 13.3. The topological polar surface area (TPSA) is 73.2 Å². The van der Waals surface area contributed by atoms with Gasteiger partial charge in [-0.25, -0.2) is 13.4 Å². The van der Waals surface area contributed by atoms with Gasteiger partial charge in [0.15, 0.2) is 0 Å². The van der Waals surface area contributed by atoms with Gasteiger partial charge in [-0.3, -0.25) is 0 Å². The molecule has 1 unspecified atom stereocenters. The van der Waals surface area contributed by atoms with Gasteiger partial charge in [0.05, 0.1) is 17.6 Å². The number of sulfonamides is 1. The van der Waals surface area contributed by atoms with Crippen LogP contribution >= 0.6 is 0 Å². The van der Waals surface area contributed by atoms with Crippen LogP contribution in [0, 0.1) is 0 Å². The minimum atomic E-state index is -4.82. The number of benzene rings is 2.